The van der Waals surface area contributed by atoms with Gasteiger partial charge < -0.3 is 20.3 Å². The van der Waals surface area contributed by atoms with E-state index in [4.69, 9.17) is 20.3 Å². The summed E-state index contributed by atoms with van der Waals surface area (Å²) < 4.78 is 10.3. The molecule has 0 radical (unpaired) electrons. The van der Waals surface area contributed by atoms with E-state index in [1.165, 1.54) is 0 Å². The van der Waals surface area contributed by atoms with Crippen LogP contribution in [-0.4, -0.2) is 30.8 Å². The van der Waals surface area contributed by atoms with Crippen LogP contribution in [0.15, 0.2) is 24.3 Å². The van der Waals surface area contributed by atoms with Crippen molar-refractivity contribution in [3.63, 3.8) is 0 Å². The largest absolute Gasteiger partial charge is 0.497 e. The number of nitrogens with two attached hydrogens (primary N) is 1. The maximum atomic E-state index is 10.4. The Bertz CT molecular complexity index is 336. The van der Waals surface area contributed by atoms with Crippen LogP contribution in [0.5, 0.6) is 11.5 Å². The number of hydrogen-bond acceptors (Lipinski definition) is 4. The van der Waals surface area contributed by atoms with Crippen molar-refractivity contribution >= 4 is 5.97 Å². The highest BCUT2D eigenvalue weighted by Gasteiger charge is 2.08. The predicted octanol–water partition coefficient (Wildman–Crippen LogP) is 0.876. The normalized spacial score (nSPS) is 11.9. The molecule has 1 atom stereocenters. The van der Waals surface area contributed by atoms with Crippen molar-refractivity contribution in [3.8, 4) is 11.5 Å². The maximum Gasteiger partial charge on any atom is 0.305 e. The molecule has 0 bridgehead atoms. The smallest absolute Gasteiger partial charge is 0.305 e. The molecule has 16 heavy (non-hydrogen) atoms. The molecular formula is C11H15NO4. The minimum absolute atomic E-state index is 0.101. The zero-order valence-corrected chi connectivity index (χ0v) is 9.05. The summed E-state index contributed by atoms with van der Waals surface area (Å²) in [4.78, 5) is 10.4. The molecule has 0 saturated carbocycles. The fourth-order valence-corrected chi connectivity index (χ4v) is 1.16. The Morgan fingerprint density at radius 3 is 2.44 bits per heavy atom. The summed E-state index contributed by atoms with van der Waals surface area (Å²) >= 11 is 0. The van der Waals surface area contributed by atoms with E-state index in [-0.39, 0.29) is 13.0 Å². The zero-order valence-electron chi connectivity index (χ0n) is 9.05. The minimum atomic E-state index is -0.925. The first-order valence-corrected chi connectivity index (χ1v) is 4.86. The highest BCUT2D eigenvalue weighted by atomic mass is 16.5. The number of methoxy groups -OCH3 is 1. The Labute approximate surface area is 93.8 Å². The Morgan fingerprint density at radius 2 is 1.94 bits per heavy atom. The molecule has 1 unspecified atom stereocenters. The average Bonchev–Trinajstić information content (AvgIpc) is 2.26. The zero-order chi connectivity index (χ0) is 12.0. The maximum absolute atomic E-state index is 10.4. The Balaban J connectivity index is 2.39. The van der Waals surface area contributed by atoms with Gasteiger partial charge in [-0.25, -0.2) is 0 Å². The molecule has 0 heterocycles. The highest BCUT2D eigenvalue weighted by Crippen LogP contribution is 2.17. The topological polar surface area (TPSA) is 81.8 Å². The lowest BCUT2D eigenvalue weighted by Crippen LogP contribution is -2.30. The van der Waals surface area contributed by atoms with Crippen LogP contribution in [0.3, 0.4) is 0 Å². The standard InChI is InChI=1S/C11H15NO4/c1-15-9-2-4-10(5-3-9)16-7-8(12)6-11(13)14/h2-5,8H,6-7,12H2,1H3,(H,13,14). The minimum Gasteiger partial charge on any atom is -0.497 e. The van der Waals surface area contributed by atoms with E-state index in [9.17, 15) is 4.79 Å². The first kappa shape index (κ1) is 12.3. The van der Waals surface area contributed by atoms with Gasteiger partial charge in [0.05, 0.1) is 13.5 Å². The molecule has 88 valence electrons. The van der Waals surface area contributed by atoms with Gasteiger partial charge in [-0.05, 0) is 24.3 Å². The van der Waals surface area contributed by atoms with Crippen molar-refractivity contribution in [1.29, 1.82) is 0 Å². The molecule has 1 aromatic carbocycles. The molecular weight excluding hydrogens is 210 g/mol. The van der Waals surface area contributed by atoms with E-state index in [0.717, 1.165) is 5.75 Å². The van der Waals surface area contributed by atoms with Gasteiger partial charge in [0.15, 0.2) is 0 Å². The van der Waals surface area contributed by atoms with Crippen molar-refractivity contribution in [2.45, 2.75) is 12.5 Å². The number of aliphatic carboxylic acids is 1. The first-order valence-electron chi connectivity index (χ1n) is 4.86. The van der Waals surface area contributed by atoms with Gasteiger partial charge >= 0.3 is 5.97 Å². The van der Waals surface area contributed by atoms with E-state index in [0.29, 0.717) is 5.75 Å². The van der Waals surface area contributed by atoms with Gasteiger partial charge in [-0.2, -0.15) is 0 Å². The van der Waals surface area contributed by atoms with Gasteiger partial charge in [-0.3, -0.25) is 4.79 Å². The van der Waals surface area contributed by atoms with Crippen molar-refractivity contribution in [1.82, 2.24) is 0 Å². The summed E-state index contributed by atoms with van der Waals surface area (Å²) in [5, 5.41) is 8.50. The predicted molar refractivity (Wildman–Crippen MR) is 58.7 cm³/mol. The second-order valence-electron chi connectivity index (χ2n) is 3.34. The Morgan fingerprint density at radius 1 is 1.38 bits per heavy atom. The SMILES string of the molecule is COc1ccc(OCC(N)CC(=O)O)cc1. The van der Waals surface area contributed by atoms with E-state index in [1.807, 2.05) is 0 Å². The second-order valence-corrected chi connectivity index (χ2v) is 3.34. The van der Waals surface area contributed by atoms with Crippen LogP contribution in [0.1, 0.15) is 6.42 Å². The number of benzene rings is 1. The van der Waals surface area contributed by atoms with Crippen LogP contribution in [0, 0.1) is 0 Å². The molecule has 0 aliphatic rings. The van der Waals surface area contributed by atoms with Crippen molar-refractivity contribution < 1.29 is 19.4 Å². The lowest BCUT2D eigenvalue weighted by atomic mass is 10.2. The third-order valence-corrected chi connectivity index (χ3v) is 1.96. The summed E-state index contributed by atoms with van der Waals surface area (Å²) in [6, 6.07) is 6.51. The summed E-state index contributed by atoms with van der Waals surface area (Å²) in [6.45, 7) is 0.179. The molecule has 1 aromatic rings. The third-order valence-electron chi connectivity index (χ3n) is 1.96. The first-order chi connectivity index (χ1) is 7.61. The number of carboxylic acids is 1. The highest BCUT2D eigenvalue weighted by molar-refractivity contribution is 5.67. The van der Waals surface area contributed by atoms with Gasteiger partial charge in [0.25, 0.3) is 0 Å². The van der Waals surface area contributed by atoms with Crippen LogP contribution < -0.4 is 15.2 Å². The molecule has 0 aliphatic heterocycles. The molecule has 0 aromatic heterocycles. The van der Waals surface area contributed by atoms with E-state index in [2.05, 4.69) is 0 Å². The number of ether oxygens (including phenoxy) is 2. The molecule has 5 nitrogen and oxygen atoms in total. The molecule has 0 aliphatic carbocycles. The van der Waals surface area contributed by atoms with Crippen molar-refractivity contribution in [3.05, 3.63) is 24.3 Å². The lowest BCUT2D eigenvalue weighted by molar-refractivity contribution is -0.137. The van der Waals surface area contributed by atoms with Crippen LogP contribution in [0.25, 0.3) is 0 Å². The van der Waals surface area contributed by atoms with Crippen molar-refractivity contribution in [2.24, 2.45) is 5.73 Å². The fourth-order valence-electron chi connectivity index (χ4n) is 1.16. The summed E-state index contributed by atoms with van der Waals surface area (Å²) in [7, 11) is 1.58. The molecule has 0 spiro atoms. The summed E-state index contributed by atoms with van der Waals surface area (Å²) in [6.07, 6.45) is -0.101. The average molecular weight is 225 g/mol. The van der Waals surface area contributed by atoms with Gasteiger partial charge in [-0.15, -0.1) is 0 Å². The molecule has 3 N–H and O–H groups in total. The van der Waals surface area contributed by atoms with Crippen LogP contribution in [0.4, 0.5) is 0 Å². The van der Waals surface area contributed by atoms with Gasteiger partial charge in [0, 0.05) is 6.04 Å². The van der Waals surface area contributed by atoms with Crippen molar-refractivity contribution in [2.75, 3.05) is 13.7 Å². The number of rotatable bonds is 6. The summed E-state index contributed by atoms with van der Waals surface area (Å²) in [5.41, 5.74) is 5.55. The van der Waals surface area contributed by atoms with E-state index in [1.54, 1.807) is 31.4 Å². The number of carboxylic acid groups (broad SMARTS) is 1. The Kier molecular flexibility index (Phi) is 4.60. The fraction of sp³-hybridized carbons (Fsp3) is 0.364. The van der Waals surface area contributed by atoms with E-state index >= 15 is 0 Å². The molecule has 0 saturated heterocycles. The molecule has 5 heteroatoms. The van der Waals surface area contributed by atoms with E-state index < -0.39 is 12.0 Å². The molecule has 0 amide bonds. The van der Waals surface area contributed by atoms with Crippen LogP contribution >= 0.6 is 0 Å². The van der Waals surface area contributed by atoms with Crippen LogP contribution in [0.2, 0.25) is 0 Å². The second kappa shape index (κ2) is 5.97. The Hall–Kier alpha value is -1.75. The van der Waals surface area contributed by atoms with Gasteiger partial charge in [-0.1, -0.05) is 0 Å². The van der Waals surface area contributed by atoms with Gasteiger partial charge in [0.1, 0.15) is 18.1 Å². The molecule has 0 fully saturated rings. The third kappa shape index (κ3) is 4.18. The monoisotopic (exact) mass is 225 g/mol. The summed E-state index contributed by atoms with van der Waals surface area (Å²) in [5.74, 6) is 0.453. The number of carbonyl (C=O) groups is 1. The van der Waals surface area contributed by atoms with Gasteiger partial charge in [0.2, 0.25) is 0 Å². The molecule has 1 rings (SSSR count). The number of hydrogen-bond donors (Lipinski definition) is 2. The van der Waals surface area contributed by atoms with Crippen LogP contribution in [-0.2, 0) is 4.79 Å². The lowest BCUT2D eigenvalue weighted by Gasteiger charge is -2.11. The quantitative estimate of drug-likeness (QED) is 0.750.